The van der Waals surface area contributed by atoms with Crippen LogP contribution >= 0.6 is 11.3 Å². The number of hydrogen-bond acceptors (Lipinski definition) is 5. The Bertz CT molecular complexity index is 812. The molecule has 1 N–H and O–H groups in total. The largest absolute Gasteiger partial charge is 0.497 e. The number of nitrogens with zero attached hydrogens (tertiary/aromatic N) is 3. The predicted molar refractivity (Wildman–Crippen MR) is 97.1 cm³/mol. The molecule has 3 rings (SSSR count). The van der Waals surface area contributed by atoms with Gasteiger partial charge in [0.05, 0.1) is 19.9 Å². The van der Waals surface area contributed by atoms with E-state index in [1.165, 1.54) is 5.56 Å². The van der Waals surface area contributed by atoms with Crippen molar-refractivity contribution in [3.8, 4) is 5.75 Å². The lowest BCUT2D eigenvalue weighted by Crippen LogP contribution is -2.34. The van der Waals surface area contributed by atoms with Crippen LogP contribution in [0.1, 0.15) is 28.5 Å². The quantitative estimate of drug-likeness (QED) is 0.707. The summed E-state index contributed by atoms with van der Waals surface area (Å²) in [6.07, 6.45) is 2.46. The molecule has 2 heterocycles. The molecule has 0 spiro atoms. The summed E-state index contributed by atoms with van der Waals surface area (Å²) in [5.74, 6) is 0.603. The molecule has 0 radical (unpaired) electrons. The Hall–Kier alpha value is -2.67. The average Bonchev–Trinajstić information content (AvgIpc) is 3.27. The van der Waals surface area contributed by atoms with E-state index in [0.29, 0.717) is 12.2 Å². The van der Waals surface area contributed by atoms with E-state index in [1.807, 2.05) is 36.6 Å². The van der Waals surface area contributed by atoms with Gasteiger partial charge in [-0.05, 0) is 53.4 Å². The summed E-state index contributed by atoms with van der Waals surface area (Å²) in [7, 11) is 1.64. The van der Waals surface area contributed by atoms with Crippen LogP contribution in [0.15, 0.2) is 47.3 Å². The van der Waals surface area contributed by atoms with Gasteiger partial charge in [0.25, 0.3) is 5.91 Å². The molecule has 0 saturated heterocycles. The number of ether oxygens (including phenoxy) is 1. The van der Waals surface area contributed by atoms with Gasteiger partial charge in [-0.2, -0.15) is 11.3 Å². The zero-order valence-electron chi connectivity index (χ0n) is 14.2. The van der Waals surface area contributed by atoms with Gasteiger partial charge in [-0.1, -0.05) is 17.3 Å². The maximum atomic E-state index is 12.3. The summed E-state index contributed by atoms with van der Waals surface area (Å²) < 4.78 is 6.80. The van der Waals surface area contributed by atoms with Gasteiger partial charge >= 0.3 is 0 Å². The van der Waals surface area contributed by atoms with Crippen molar-refractivity contribution in [1.29, 1.82) is 0 Å². The molecule has 7 heteroatoms. The molecular weight excluding hydrogens is 336 g/mol. The Morgan fingerprint density at radius 1 is 1.28 bits per heavy atom. The number of thiophene rings is 1. The zero-order valence-corrected chi connectivity index (χ0v) is 15.0. The van der Waals surface area contributed by atoms with Crippen molar-refractivity contribution >= 4 is 17.2 Å². The van der Waals surface area contributed by atoms with Crippen LogP contribution in [-0.4, -0.2) is 34.1 Å². The van der Waals surface area contributed by atoms with Crippen molar-refractivity contribution in [1.82, 2.24) is 20.3 Å². The lowest BCUT2D eigenvalue weighted by molar-refractivity contribution is 0.0935. The minimum absolute atomic E-state index is 0.0360. The molecule has 2 aromatic heterocycles. The van der Waals surface area contributed by atoms with Crippen LogP contribution < -0.4 is 10.1 Å². The molecule has 1 amide bonds. The van der Waals surface area contributed by atoms with Crippen molar-refractivity contribution in [3.63, 3.8) is 0 Å². The van der Waals surface area contributed by atoms with Gasteiger partial charge in [0.2, 0.25) is 0 Å². The summed E-state index contributed by atoms with van der Waals surface area (Å²) >= 11 is 1.66. The van der Waals surface area contributed by atoms with Crippen molar-refractivity contribution < 1.29 is 9.53 Å². The third-order valence-electron chi connectivity index (χ3n) is 3.77. The fraction of sp³-hybridized carbons (Fsp3) is 0.278. The number of methoxy groups -OCH3 is 1. The van der Waals surface area contributed by atoms with Crippen LogP contribution in [0.3, 0.4) is 0 Å². The van der Waals surface area contributed by atoms with Gasteiger partial charge in [-0.3, -0.25) is 4.79 Å². The highest BCUT2D eigenvalue weighted by Crippen LogP contribution is 2.12. The van der Waals surface area contributed by atoms with Gasteiger partial charge < -0.3 is 10.1 Å². The molecule has 130 valence electrons. The average molecular weight is 356 g/mol. The summed E-state index contributed by atoms with van der Waals surface area (Å²) in [6.45, 7) is 2.53. The van der Waals surface area contributed by atoms with E-state index in [4.69, 9.17) is 4.74 Å². The highest BCUT2D eigenvalue weighted by atomic mass is 32.1. The van der Waals surface area contributed by atoms with Crippen molar-refractivity contribution in [2.24, 2.45) is 0 Å². The lowest BCUT2D eigenvalue weighted by atomic mass is 10.1. The first-order valence-electron chi connectivity index (χ1n) is 7.99. The van der Waals surface area contributed by atoms with Gasteiger partial charge in [0.1, 0.15) is 5.75 Å². The topological polar surface area (TPSA) is 69.0 Å². The second kappa shape index (κ2) is 7.94. The molecule has 0 fully saturated rings. The van der Waals surface area contributed by atoms with E-state index in [1.54, 1.807) is 29.3 Å². The van der Waals surface area contributed by atoms with Crippen LogP contribution in [0.2, 0.25) is 0 Å². The van der Waals surface area contributed by atoms with E-state index in [9.17, 15) is 4.79 Å². The number of rotatable bonds is 7. The maximum Gasteiger partial charge on any atom is 0.273 e. The molecule has 0 unspecified atom stereocenters. The number of amides is 1. The van der Waals surface area contributed by atoms with Crippen LogP contribution in [0.4, 0.5) is 0 Å². The molecule has 0 bridgehead atoms. The third kappa shape index (κ3) is 4.67. The van der Waals surface area contributed by atoms with Crippen molar-refractivity contribution in [2.75, 3.05) is 7.11 Å². The normalized spacial score (nSPS) is 11.9. The lowest BCUT2D eigenvalue weighted by Gasteiger charge is -2.11. The van der Waals surface area contributed by atoms with Gasteiger partial charge in [-0.15, -0.1) is 5.10 Å². The smallest absolute Gasteiger partial charge is 0.273 e. The van der Waals surface area contributed by atoms with Gasteiger partial charge in [0, 0.05) is 6.04 Å². The molecule has 1 aromatic carbocycles. The van der Waals surface area contributed by atoms with Crippen LogP contribution in [0.25, 0.3) is 0 Å². The molecule has 0 aliphatic carbocycles. The molecule has 0 aliphatic rings. The monoisotopic (exact) mass is 356 g/mol. The number of nitrogens with one attached hydrogen (secondary N) is 1. The Morgan fingerprint density at radius 2 is 2.08 bits per heavy atom. The van der Waals surface area contributed by atoms with Crippen LogP contribution in [0.5, 0.6) is 5.75 Å². The van der Waals surface area contributed by atoms with E-state index in [2.05, 4.69) is 27.1 Å². The van der Waals surface area contributed by atoms with Gasteiger partial charge in [-0.25, -0.2) is 4.68 Å². The first-order valence-corrected chi connectivity index (χ1v) is 8.93. The Labute approximate surface area is 150 Å². The van der Waals surface area contributed by atoms with E-state index in [0.717, 1.165) is 17.7 Å². The summed E-state index contributed by atoms with van der Waals surface area (Å²) in [5.41, 5.74) is 2.61. The van der Waals surface area contributed by atoms with Crippen LogP contribution in [0, 0.1) is 0 Å². The number of aromatic nitrogens is 3. The fourth-order valence-electron chi connectivity index (χ4n) is 2.51. The van der Waals surface area contributed by atoms with E-state index >= 15 is 0 Å². The number of carbonyl (C=O) groups excluding carboxylic acids is 1. The van der Waals surface area contributed by atoms with Crippen molar-refractivity contribution in [2.45, 2.75) is 25.9 Å². The Balaban J connectivity index is 1.57. The number of carbonyl (C=O) groups is 1. The number of benzene rings is 1. The van der Waals surface area contributed by atoms with Crippen molar-refractivity contribution in [3.05, 3.63) is 64.1 Å². The molecule has 0 saturated carbocycles. The maximum absolute atomic E-state index is 12.3. The summed E-state index contributed by atoms with van der Waals surface area (Å²) in [4.78, 5) is 12.3. The summed E-state index contributed by atoms with van der Waals surface area (Å²) in [5, 5.41) is 15.1. The predicted octanol–water partition coefficient (Wildman–Crippen LogP) is 2.76. The first-order chi connectivity index (χ1) is 12.1. The molecule has 6 nitrogen and oxygen atoms in total. The Kier molecular flexibility index (Phi) is 5.45. The van der Waals surface area contributed by atoms with Crippen LogP contribution in [-0.2, 0) is 13.0 Å². The second-order valence-corrected chi connectivity index (χ2v) is 6.64. The molecule has 3 aromatic rings. The zero-order chi connectivity index (χ0) is 17.6. The molecular formula is C18H20N4O2S. The molecule has 25 heavy (non-hydrogen) atoms. The van der Waals surface area contributed by atoms with E-state index in [-0.39, 0.29) is 11.9 Å². The van der Waals surface area contributed by atoms with E-state index < -0.39 is 0 Å². The fourth-order valence-corrected chi connectivity index (χ4v) is 3.19. The third-order valence-corrected chi connectivity index (χ3v) is 4.51. The standard InChI is InChI=1S/C18H20N4O2S/c1-13(9-15-7-8-25-12-15)19-18(23)17-11-22(21-20-17)10-14-3-5-16(24-2)6-4-14/h3-8,11-13H,9-10H2,1-2H3,(H,19,23)/t13-/m0/s1. The first kappa shape index (κ1) is 17.2. The minimum Gasteiger partial charge on any atom is -0.497 e. The SMILES string of the molecule is COc1ccc(Cn2cc(C(=O)N[C@@H](C)Cc3ccsc3)nn2)cc1. The highest BCUT2D eigenvalue weighted by Gasteiger charge is 2.14. The Morgan fingerprint density at radius 3 is 2.76 bits per heavy atom. The minimum atomic E-state index is -0.205. The summed E-state index contributed by atoms with van der Waals surface area (Å²) in [6, 6.07) is 9.82. The molecule has 1 atom stereocenters. The van der Waals surface area contributed by atoms with Gasteiger partial charge in [0.15, 0.2) is 5.69 Å². The number of hydrogen-bond donors (Lipinski definition) is 1. The highest BCUT2D eigenvalue weighted by molar-refractivity contribution is 7.07. The molecule has 0 aliphatic heterocycles. The second-order valence-electron chi connectivity index (χ2n) is 5.86.